The van der Waals surface area contributed by atoms with E-state index in [1.165, 1.54) is 0 Å². The fourth-order valence-electron chi connectivity index (χ4n) is 1.72. The third-order valence-corrected chi connectivity index (χ3v) is 2.46. The predicted molar refractivity (Wildman–Crippen MR) is 61.4 cm³/mol. The van der Waals surface area contributed by atoms with Gasteiger partial charge in [-0.1, -0.05) is 12.1 Å². The highest BCUT2D eigenvalue weighted by Crippen LogP contribution is 2.15. The Labute approximate surface area is 92.6 Å². The van der Waals surface area contributed by atoms with Crippen LogP contribution in [0, 0.1) is 6.92 Å². The van der Waals surface area contributed by atoms with Crippen LogP contribution >= 0.6 is 0 Å². The number of benzene rings is 1. The highest BCUT2D eigenvalue weighted by molar-refractivity contribution is 5.76. The van der Waals surface area contributed by atoms with Gasteiger partial charge in [-0.05, 0) is 25.1 Å². The van der Waals surface area contributed by atoms with Crippen molar-refractivity contribution in [2.45, 2.75) is 6.92 Å². The monoisotopic (exact) mass is 210 g/mol. The number of aryl methyl sites for hydroxylation is 1. The van der Waals surface area contributed by atoms with E-state index >= 15 is 0 Å². The summed E-state index contributed by atoms with van der Waals surface area (Å²) < 4.78 is 1.96. The van der Waals surface area contributed by atoms with Gasteiger partial charge in [0.2, 0.25) is 0 Å². The average Bonchev–Trinajstić information content (AvgIpc) is 2.72. The lowest BCUT2D eigenvalue weighted by Crippen LogP contribution is -1.98. The van der Waals surface area contributed by atoms with Crippen LogP contribution < -0.4 is 0 Å². The zero-order valence-corrected chi connectivity index (χ0v) is 8.83. The van der Waals surface area contributed by atoms with Gasteiger partial charge in [-0.2, -0.15) is 0 Å². The summed E-state index contributed by atoms with van der Waals surface area (Å²) in [7, 11) is 0. The van der Waals surface area contributed by atoms with E-state index in [0.29, 0.717) is 0 Å². The molecule has 0 saturated heterocycles. The van der Waals surface area contributed by atoms with Crippen molar-refractivity contribution in [3.63, 3.8) is 0 Å². The van der Waals surface area contributed by atoms with Gasteiger partial charge in [0.25, 0.3) is 0 Å². The van der Waals surface area contributed by atoms with Crippen LogP contribution in [0.2, 0.25) is 0 Å². The van der Waals surface area contributed by atoms with E-state index in [-0.39, 0.29) is 0 Å². The molecule has 4 nitrogen and oxygen atoms in total. The SMILES string of the molecule is Cc1nccc(-n2cnc3ccccc32)n1. The first-order chi connectivity index (χ1) is 7.84. The maximum absolute atomic E-state index is 4.38. The van der Waals surface area contributed by atoms with Crippen molar-refractivity contribution >= 4 is 11.0 Å². The van der Waals surface area contributed by atoms with Crippen LogP contribution in [0.5, 0.6) is 0 Å². The summed E-state index contributed by atoms with van der Waals surface area (Å²) in [4.78, 5) is 12.8. The van der Waals surface area contributed by atoms with Crippen molar-refractivity contribution in [2.75, 3.05) is 0 Å². The maximum Gasteiger partial charge on any atom is 0.142 e. The molecule has 1 aromatic carbocycles. The van der Waals surface area contributed by atoms with E-state index in [0.717, 1.165) is 22.7 Å². The van der Waals surface area contributed by atoms with Gasteiger partial charge in [0.15, 0.2) is 0 Å². The third kappa shape index (κ3) is 1.35. The molecule has 0 aliphatic carbocycles. The minimum Gasteiger partial charge on any atom is -0.283 e. The molecule has 0 spiro atoms. The topological polar surface area (TPSA) is 43.6 Å². The number of imidazole rings is 1. The standard InChI is InChI=1S/C12H10N4/c1-9-13-7-6-12(15-9)16-8-14-10-4-2-3-5-11(10)16/h2-8H,1H3. The Morgan fingerprint density at radius 3 is 2.81 bits per heavy atom. The van der Waals surface area contributed by atoms with E-state index in [4.69, 9.17) is 0 Å². The van der Waals surface area contributed by atoms with E-state index in [1.807, 2.05) is 41.8 Å². The lowest BCUT2D eigenvalue weighted by atomic mass is 10.3. The van der Waals surface area contributed by atoms with Gasteiger partial charge in [-0.3, -0.25) is 4.57 Å². The number of para-hydroxylation sites is 2. The van der Waals surface area contributed by atoms with Gasteiger partial charge >= 0.3 is 0 Å². The number of rotatable bonds is 1. The van der Waals surface area contributed by atoms with Crippen molar-refractivity contribution in [1.82, 2.24) is 19.5 Å². The van der Waals surface area contributed by atoms with Crippen LogP contribution in [0.3, 0.4) is 0 Å². The molecule has 0 radical (unpaired) electrons. The van der Waals surface area contributed by atoms with Crippen molar-refractivity contribution in [3.8, 4) is 5.82 Å². The molecule has 3 rings (SSSR count). The fourth-order valence-corrected chi connectivity index (χ4v) is 1.72. The average molecular weight is 210 g/mol. The van der Waals surface area contributed by atoms with E-state index in [1.54, 1.807) is 12.5 Å². The van der Waals surface area contributed by atoms with E-state index in [9.17, 15) is 0 Å². The molecular formula is C12H10N4. The molecule has 0 aliphatic heterocycles. The van der Waals surface area contributed by atoms with Crippen LogP contribution in [0.4, 0.5) is 0 Å². The first kappa shape index (κ1) is 9.03. The van der Waals surface area contributed by atoms with Crippen molar-refractivity contribution in [1.29, 1.82) is 0 Å². The van der Waals surface area contributed by atoms with Crippen molar-refractivity contribution < 1.29 is 0 Å². The van der Waals surface area contributed by atoms with E-state index < -0.39 is 0 Å². The fraction of sp³-hybridized carbons (Fsp3) is 0.0833. The van der Waals surface area contributed by atoms with Crippen LogP contribution in [0.25, 0.3) is 16.9 Å². The minimum absolute atomic E-state index is 0.760. The van der Waals surface area contributed by atoms with E-state index in [2.05, 4.69) is 15.0 Å². The number of nitrogens with zero attached hydrogens (tertiary/aromatic N) is 4. The van der Waals surface area contributed by atoms with Crippen molar-refractivity contribution in [3.05, 3.63) is 48.7 Å². The molecule has 4 heteroatoms. The van der Waals surface area contributed by atoms with Gasteiger partial charge in [0.1, 0.15) is 18.0 Å². The highest BCUT2D eigenvalue weighted by Gasteiger charge is 2.04. The normalized spacial score (nSPS) is 10.8. The first-order valence-electron chi connectivity index (χ1n) is 5.07. The summed E-state index contributed by atoms with van der Waals surface area (Å²) in [5.41, 5.74) is 2.03. The molecule has 3 aromatic rings. The number of hydrogen-bond donors (Lipinski definition) is 0. The number of fused-ring (bicyclic) bond motifs is 1. The summed E-state index contributed by atoms with van der Waals surface area (Å²) in [6.07, 6.45) is 3.54. The zero-order valence-electron chi connectivity index (χ0n) is 8.83. The molecular weight excluding hydrogens is 200 g/mol. The van der Waals surface area contributed by atoms with Gasteiger partial charge in [0, 0.05) is 6.20 Å². The Kier molecular flexibility index (Phi) is 1.93. The van der Waals surface area contributed by atoms with Crippen molar-refractivity contribution in [2.24, 2.45) is 0 Å². The molecule has 0 unspecified atom stereocenters. The van der Waals surface area contributed by atoms with Gasteiger partial charge in [-0.15, -0.1) is 0 Å². The summed E-state index contributed by atoms with van der Waals surface area (Å²) >= 11 is 0. The molecule has 78 valence electrons. The molecule has 0 bridgehead atoms. The molecule has 0 saturated carbocycles. The van der Waals surface area contributed by atoms with Crippen LogP contribution in [0.1, 0.15) is 5.82 Å². The largest absolute Gasteiger partial charge is 0.283 e. The number of hydrogen-bond acceptors (Lipinski definition) is 3. The second-order valence-electron chi connectivity index (χ2n) is 3.57. The Bertz CT molecular complexity index is 642. The zero-order chi connectivity index (χ0) is 11.0. The lowest BCUT2D eigenvalue weighted by molar-refractivity contribution is 0.954. The second kappa shape index (κ2) is 3.41. The summed E-state index contributed by atoms with van der Waals surface area (Å²) in [6, 6.07) is 9.86. The van der Waals surface area contributed by atoms with Gasteiger partial charge in [-0.25, -0.2) is 15.0 Å². The summed E-state index contributed by atoms with van der Waals surface area (Å²) in [5, 5.41) is 0. The molecule has 0 aliphatic rings. The van der Waals surface area contributed by atoms with Crippen LogP contribution in [-0.4, -0.2) is 19.5 Å². The van der Waals surface area contributed by atoms with Crippen LogP contribution in [-0.2, 0) is 0 Å². The van der Waals surface area contributed by atoms with Crippen LogP contribution in [0.15, 0.2) is 42.9 Å². The number of aromatic nitrogens is 4. The Morgan fingerprint density at radius 2 is 1.94 bits per heavy atom. The Balaban J connectivity index is 2.26. The lowest BCUT2D eigenvalue weighted by Gasteiger charge is -2.02. The minimum atomic E-state index is 0.760. The van der Waals surface area contributed by atoms with Gasteiger partial charge in [0.05, 0.1) is 11.0 Å². The quantitative estimate of drug-likeness (QED) is 0.618. The van der Waals surface area contributed by atoms with Gasteiger partial charge < -0.3 is 0 Å². The second-order valence-corrected chi connectivity index (χ2v) is 3.57. The molecule has 0 fully saturated rings. The molecule has 16 heavy (non-hydrogen) atoms. The first-order valence-corrected chi connectivity index (χ1v) is 5.07. The third-order valence-electron chi connectivity index (χ3n) is 2.46. The molecule has 0 amide bonds. The summed E-state index contributed by atoms with van der Waals surface area (Å²) in [5.74, 6) is 1.61. The highest BCUT2D eigenvalue weighted by atomic mass is 15.1. The molecule has 2 heterocycles. The Morgan fingerprint density at radius 1 is 1.06 bits per heavy atom. The predicted octanol–water partition coefficient (Wildman–Crippen LogP) is 2.12. The molecule has 2 aromatic heterocycles. The maximum atomic E-state index is 4.38. The Hall–Kier alpha value is -2.23. The smallest absolute Gasteiger partial charge is 0.142 e. The summed E-state index contributed by atoms with van der Waals surface area (Å²) in [6.45, 7) is 1.88. The molecule has 0 N–H and O–H groups in total. The molecule has 0 atom stereocenters.